The smallest absolute Gasteiger partial charge is 0.325 e. The highest BCUT2D eigenvalue weighted by atomic mass is 19.1. The molecule has 0 aliphatic heterocycles. The Kier molecular flexibility index (Phi) is 5.57. The third-order valence-corrected chi connectivity index (χ3v) is 2.88. The number of nitrogens with zero attached hydrogens (tertiary/aromatic N) is 1. The van der Waals surface area contributed by atoms with Crippen LogP contribution in [-0.2, 0) is 9.59 Å². The minimum Gasteiger partial charge on any atom is -0.481 e. The molecule has 0 aromatic heterocycles. The Balaban J connectivity index is 3.08. The molecule has 0 radical (unpaired) electrons. The van der Waals surface area contributed by atoms with E-state index in [0.29, 0.717) is 6.07 Å². The van der Waals surface area contributed by atoms with E-state index in [4.69, 9.17) is 5.11 Å². The molecule has 110 valence electrons. The van der Waals surface area contributed by atoms with Crippen molar-refractivity contribution in [3.63, 3.8) is 0 Å². The molecule has 0 aliphatic carbocycles. The lowest BCUT2D eigenvalue weighted by atomic mass is 10.0. The van der Waals surface area contributed by atoms with E-state index in [1.54, 1.807) is 6.92 Å². The van der Waals surface area contributed by atoms with Gasteiger partial charge in [0.2, 0.25) is 0 Å². The van der Waals surface area contributed by atoms with Crippen molar-refractivity contribution in [1.29, 1.82) is 0 Å². The molecule has 0 heterocycles. The molecule has 1 aromatic rings. The van der Waals surface area contributed by atoms with E-state index >= 15 is 0 Å². The summed E-state index contributed by atoms with van der Waals surface area (Å²) in [5, 5.41) is 17.9. The highest BCUT2D eigenvalue weighted by Gasteiger charge is 2.29. The maximum Gasteiger partial charge on any atom is 0.325 e. The lowest BCUT2D eigenvalue weighted by Crippen LogP contribution is -2.36. The lowest BCUT2D eigenvalue weighted by Gasteiger charge is -2.27. The number of hydrogen-bond donors (Lipinski definition) is 2. The van der Waals surface area contributed by atoms with Crippen molar-refractivity contribution in [2.45, 2.75) is 19.4 Å². The normalized spacial score (nSPS) is 12.4. The van der Waals surface area contributed by atoms with Gasteiger partial charge in [0.1, 0.15) is 17.7 Å². The summed E-state index contributed by atoms with van der Waals surface area (Å²) >= 11 is 0. The number of likely N-dealkylation sites (N-methyl/N-ethyl adjacent to an activating group) is 1. The van der Waals surface area contributed by atoms with Gasteiger partial charge in [-0.15, -0.1) is 0 Å². The van der Waals surface area contributed by atoms with Crippen molar-refractivity contribution in [3.05, 3.63) is 35.4 Å². The van der Waals surface area contributed by atoms with Crippen LogP contribution >= 0.6 is 0 Å². The second-order valence-corrected chi connectivity index (χ2v) is 4.18. The summed E-state index contributed by atoms with van der Waals surface area (Å²) in [5.74, 6) is -4.16. The molecule has 0 bridgehead atoms. The van der Waals surface area contributed by atoms with Gasteiger partial charge < -0.3 is 10.2 Å². The van der Waals surface area contributed by atoms with Gasteiger partial charge in [-0.3, -0.25) is 14.5 Å². The SMILES string of the molecule is CCN(CCC(=O)O)C(C(=O)O)c1ccc(F)cc1F. The zero-order valence-corrected chi connectivity index (χ0v) is 10.8. The third kappa shape index (κ3) is 3.99. The standard InChI is InChI=1S/C13H15F2NO4/c1-2-16(6-5-11(17)18)12(13(19)20)9-4-3-8(14)7-10(9)15/h3-4,7,12H,2,5-6H2,1H3,(H,17,18)(H,19,20). The van der Waals surface area contributed by atoms with Crippen LogP contribution in [0, 0.1) is 11.6 Å². The van der Waals surface area contributed by atoms with Crippen LogP contribution in [0.3, 0.4) is 0 Å². The van der Waals surface area contributed by atoms with Crippen molar-refractivity contribution in [3.8, 4) is 0 Å². The molecular formula is C13H15F2NO4. The summed E-state index contributed by atoms with van der Waals surface area (Å²) in [6.45, 7) is 1.82. The Hall–Kier alpha value is -2.02. The fourth-order valence-corrected chi connectivity index (χ4v) is 1.92. The fourth-order valence-electron chi connectivity index (χ4n) is 1.92. The van der Waals surface area contributed by atoms with E-state index in [9.17, 15) is 23.5 Å². The predicted molar refractivity (Wildman–Crippen MR) is 66.2 cm³/mol. The molecule has 0 spiro atoms. The van der Waals surface area contributed by atoms with Crippen molar-refractivity contribution in [2.24, 2.45) is 0 Å². The highest BCUT2D eigenvalue weighted by Crippen LogP contribution is 2.24. The molecule has 7 heteroatoms. The molecule has 1 atom stereocenters. The minimum absolute atomic E-state index is 0.0420. The monoisotopic (exact) mass is 287 g/mol. The van der Waals surface area contributed by atoms with Crippen LogP contribution in [-0.4, -0.2) is 40.1 Å². The van der Waals surface area contributed by atoms with E-state index in [1.165, 1.54) is 4.90 Å². The molecular weight excluding hydrogens is 272 g/mol. The van der Waals surface area contributed by atoms with Crippen LogP contribution in [0.2, 0.25) is 0 Å². The lowest BCUT2D eigenvalue weighted by molar-refractivity contribution is -0.145. The summed E-state index contributed by atoms with van der Waals surface area (Å²) in [5.41, 5.74) is -0.189. The fraction of sp³-hybridized carbons (Fsp3) is 0.385. The Morgan fingerprint density at radius 2 is 1.95 bits per heavy atom. The second kappa shape index (κ2) is 6.95. The summed E-state index contributed by atoms with van der Waals surface area (Å²) in [6.07, 6.45) is -0.263. The van der Waals surface area contributed by atoms with Gasteiger partial charge in [0, 0.05) is 18.2 Å². The first-order valence-electron chi connectivity index (χ1n) is 6.00. The van der Waals surface area contributed by atoms with E-state index in [0.717, 1.165) is 12.1 Å². The zero-order chi connectivity index (χ0) is 15.3. The van der Waals surface area contributed by atoms with Crippen LogP contribution in [0.25, 0.3) is 0 Å². The number of carboxylic acid groups (broad SMARTS) is 2. The Labute approximate surface area is 114 Å². The summed E-state index contributed by atoms with van der Waals surface area (Å²) < 4.78 is 26.6. The number of carboxylic acids is 2. The second-order valence-electron chi connectivity index (χ2n) is 4.18. The predicted octanol–water partition coefficient (Wildman–Crippen LogP) is 1.89. The highest BCUT2D eigenvalue weighted by molar-refractivity contribution is 5.76. The quantitative estimate of drug-likeness (QED) is 0.800. The molecule has 0 fully saturated rings. The van der Waals surface area contributed by atoms with Crippen molar-refractivity contribution < 1.29 is 28.6 Å². The van der Waals surface area contributed by atoms with Crippen LogP contribution < -0.4 is 0 Å². The van der Waals surface area contributed by atoms with Crippen molar-refractivity contribution in [2.75, 3.05) is 13.1 Å². The molecule has 20 heavy (non-hydrogen) atoms. The number of benzene rings is 1. The van der Waals surface area contributed by atoms with Gasteiger partial charge in [-0.2, -0.15) is 0 Å². The summed E-state index contributed by atoms with van der Waals surface area (Å²) in [7, 11) is 0. The molecule has 2 N–H and O–H groups in total. The van der Waals surface area contributed by atoms with Crippen LogP contribution in [0.4, 0.5) is 8.78 Å². The maximum absolute atomic E-state index is 13.7. The van der Waals surface area contributed by atoms with Gasteiger partial charge in [-0.25, -0.2) is 8.78 Å². The maximum atomic E-state index is 13.7. The van der Waals surface area contributed by atoms with Gasteiger partial charge in [0.15, 0.2) is 0 Å². The molecule has 1 rings (SSSR count). The van der Waals surface area contributed by atoms with E-state index < -0.39 is 29.6 Å². The van der Waals surface area contributed by atoms with Crippen LogP contribution in [0.15, 0.2) is 18.2 Å². The average Bonchev–Trinajstić information content (AvgIpc) is 2.35. The summed E-state index contributed by atoms with van der Waals surface area (Å²) in [4.78, 5) is 23.2. The molecule has 5 nitrogen and oxygen atoms in total. The zero-order valence-electron chi connectivity index (χ0n) is 10.8. The first kappa shape index (κ1) is 16.0. The Morgan fingerprint density at radius 1 is 1.30 bits per heavy atom. The minimum atomic E-state index is -1.35. The van der Waals surface area contributed by atoms with E-state index in [1.807, 2.05) is 0 Å². The van der Waals surface area contributed by atoms with Crippen LogP contribution in [0.5, 0.6) is 0 Å². The van der Waals surface area contributed by atoms with Crippen LogP contribution in [0.1, 0.15) is 24.9 Å². The third-order valence-electron chi connectivity index (χ3n) is 2.88. The molecule has 1 aromatic carbocycles. The van der Waals surface area contributed by atoms with Gasteiger partial charge in [0.25, 0.3) is 0 Å². The Morgan fingerprint density at radius 3 is 2.40 bits per heavy atom. The van der Waals surface area contributed by atoms with Gasteiger partial charge >= 0.3 is 11.9 Å². The average molecular weight is 287 g/mol. The van der Waals surface area contributed by atoms with Gasteiger partial charge in [-0.05, 0) is 12.6 Å². The van der Waals surface area contributed by atoms with E-state index in [-0.39, 0.29) is 25.1 Å². The topological polar surface area (TPSA) is 77.8 Å². The van der Waals surface area contributed by atoms with Gasteiger partial charge in [-0.1, -0.05) is 13.0 Å². The summed E-state index contributed by atoms with van der Waals surface area (Å²) in [6, 6.07) is 1.29. The Bertz CT molecular complexity index is 507. The number of halogens is 2. The molecule has 0 saturated carbocycles. The molecule has 0 saturated heterocycles. The van der Waals surface area contributed by atoms with E-state index in [2.05, 4.69) is 0 Å². The van der Waals surface area contributed by atoms with Gasteiger partial charge in [0.05, 0.1) is 6.42 Å². The number of aliphatic carboxylic acids is 2. The van der Waals surface area contributed by atoms with Crippen molar-refractivity contribution in [1.82, 2.24) is 4.90 Å². The number of rotatable bonds is 7. The number of hydrogen-bond acceptors (Lipinski definition) is 3. The largest absolute Gasteiger partial charge is 0.481 e. The molecule has 1 unspecified atom stereocenters. The number of carbonyl (C=O) groups is 2. The molecule has 0 amide bonds. The first-order chi connectivity index (χ1) is 9.36. The molecule has 0 aliphatic rings. The van der Waals surface area contributed by atoms with Crippen molar-refractivity contribution >= 4 is 11.9 Å². The first-order valence-corrected chi connectivity index (χ1v) is 6.00.